The number of anilines is 2. The minimum atomic E-state index is -0.338. The molecule has 0 bridgehead atoms. The van der Waals surface area contributed by atoms with Crippen molar-refractivity contribution >= 4 is 17.4 Å². The molecule has 1 fully saturated rings. The fourth-order valence-corrected chi connectivity index (χ4v) is 4.52. The van der Waals surface area contributed by atoms with E-state index in [-0.39, 0.29) is 17.4 Å². The van der Waals surface area contributed by atoms with Gasteiger partial charge in [0, 0.05) is 37.2 Å². The number of hydrogen-bond acceptors (Lipinski definition) is 5. The number of nitrogens with zero attached hydrogens (tertiary/aromatic N) is 3. The van der Waals surface area contributed by atoms with Crippen molar-refractivity contribution in [3.63, 3.8) is 0 Å². The summed E-state index contributed by atoms with van der Waals surface area (Å²) >= 11 is 0. The number of amides is 1. The Kier molecular flexibility index (Phi) is 5.24. The van der Waals surface area contributed by atoms with Gasteiger partial charge in [-0.2, -0.15) is 0 Å². The van der Waals surface area contributed by atoms with E-state index in [9.17, 15) is 9.59 Å². The van der Waals surface area contributed by atoms with Crippen LogP contribution in [0.1, 0.15) is 42.9 Å². The van der Waals surface area contributed by atoms with Gasteiger partial charge in [0.05, 0.1) is 22.9 Å². The number of aryl methyl sites for hydroxylation is 1. The molecule has 4 heterocycles. The molecule has 0 radical (unpaired) electrons. The van der Waals surface area contributed by atoms with E-state index in [1.165, 1.54) is 12.8 Å². The standard InChI is InChI=1S/C24H25N5O2/c30-23-18(7-4-11-26-23)20-9-8-16-5-3-6-19(22(16)28-20)24(31)27-17-10-12-25-21(15-17)29-13-1-2-14-29/h4,7-12,15,19H,1-3,5-6,13-14H2,(H,26,30)(H,25,27,31). The second-order valence-electron chi connectivity index (χ2n) is 8.18. The average Bonchev–Trinajstić information content (AvgIpc) is 3.34. The molecule has 1 amide bonds. The van der Waals surface area contributed by atoms with Gasteiger partial charge in [0.15, 0.2) is 0 Å². The summed E-state index contributed by atoms with van der Waals surface area (Å²) in [5.74, 6) is 0.504. The zero-order valence-corrected chi connectivity index (χ0v) is 17.3. The summed E-state index contributed by atoms with van der Waals surface area (Å²) in [5.41, 5.74) is 3.54. The summed E-state index contributed by atoms with van der Waals surface area (Å²) in [7, 11) is 0. The summed E-state index contributed by atoms with van der Waals surface area (Å²) in [5, 5.41) is 3.07. The van der Waals surface area contributed by atoms with Crippen molar-refractivity contribution in [2.24, 2.45) is 0 Å². The van der Waals surface area contributed by atoms with Crippen molar-refractivity contribution in [3.8, 4) is 11.3 Å². The maximum atomic E-state index is 13.2. The van der Waals surface area contributed by atoms with E-state index in [1.807, 2.05) is 24.3 Å². The van der Waals surface area contributed by atoms with Crippen molar-refractivity contribution in [2.45, 2.75) is 38.0 Å². The first-order valence-corrected chi connectivity index (χ1v) is 10.9. The van der Waals surface area contributed by atoms with Crippen LogP contribution in [-0.2, 0) is 11.2 Å². The third kappa shape index (κ3) is 3.95. The van der Waals surface area contributed by atoms with Gasteiger partial charge in [-0.25, -0.2) is 4.98 Å². The minimum Gasteiger partial charge on any atom is -0.357 e. The number of fused-ring (bicyclic) bond motifs is 1. The Balaban J connectivity index is 1.41. The van der Waals surface area contributed by atoms with Gasteiger partial charge < -0.3 is 15.2 Å². The van der Waals surface area contributed by atoms with Crippen LogP contribution in [0.2, 0.25) is 0 Å². The number of nitrogens with one attached hydrogen (secondary N) is 2. The van der Waals surface area contributed by atoms with Gasteiger partial charge in [0.1, 0.15) is 5.82 Å². The third-order valence-corrected chi connectivity index (χ3v) is 6.13. The van der Waals surface area contributed by atoms with Crippen LogP contribution >= 0.6 is 0 Å². The van der Waals surface area contributed by atoms with E-state index in [0.717, 1.165) is 55.1 Å². The Labute approximate surface area is 180 Å². The number of aromatic amines is 1. The molecule has 1 aliphatic carbocycles. The van der Waals surface area contributed by atoms with Gasteiger partial charge in [0.25, 0.3) is 5.56 Å². The van der Waals surface area contributed by atoms with Gasteiger partial charge in [-0.1, -0.05) is 6.07 Å². The number of pyridine rings is 3. The molecular weight excluding hydrogens is 390 g/mol. The predicted octanol–water partition coefficient (Wildman–Crippen LogP) is 3.49. The van der Waals surface area contributed by atoms with Crippen LogP contribution in [0.15, 0.2) is 53.6 Å². The highest BCUT2D eigenvalue weighted by atomic mass is 16.2. The van der Waals surface area contributed by atoms with Crippen molar-refractivity contribution in [1.29, 1.82) is 0 Å². The Bertz CT molecular complexity index is 1170. The molecule has 0 spiro atoms. The van der Waals surface area contributed by atoms with Crippen LogP contribution in [0.5, 0.6) is 0 Å². The molecule has 1 unspecified atom stereocenters. The normalized spacial score (nSPS) is 17.9. The molecule has 2 aliphatic rings. The summed E-state index contributed by atoms with van der Waals surface area (Å²) in [4.78, 5) is 39.6. The first kappa shape index (κ1) is 19.5. The fraction of sp³-hybridized carbons (Fsp3) is 0.333. The summed E-state index contributed by atoms with van der Waals surface area (Å²) in [6.45, 7) is 2.01. The lowest BCUT2D eigenvalue weighted by Crippen LogP contribution is -2.26. The fourth-order valence-electron chi connectivity index (χ4n) is 4.52. The first-order valence-electron chi connectivity index (χ1n) is 10.9. The van der Waals surface area contributed by atoms with Crippen LogP contribution in [0.3, 0.4) is 0 Å². The molecule has 3 aromatic rings. The van der Waals surface area contributed by atoms with Gasteiger partial charge in [-0.15, -0.1) is 0 Å². The molecule has 2 N–H and O–H groups in total. The number of carbonyl (C=O) groups excluding carboxylic acids is 1. The Morgan fingerprint density at radius 3 is 2.84 bits per heavy atom. The molecule has 31 heavy (non-hydrogen) atoms. The highest BCUT2D eigenvalue weighted by Gasteiger charge is 2.29. The number of carbonyl (C=O) groups is 1. The predicted molar refractivity (Wildman–Crippen MR) is 120 cm³/mol. The molecule has 7 heteroatoms. The highest BCUT2D eigenvalue weighted by Crippen LogP contribution is 2.33. The van der Waals surface area contributed by atoms with E-state index in [0.29, 0.717) is 11.3 Å². The number of rotatable bonds is 4. The van der Waals surface area contributed by atoms with Gasteiger partial charge >= 0.3 is 0 Å². The van der Waals surface area contributed by atoms with Crippen LogP contribution in [0.4, 0.5) is 11.5 Å². The molecule has 1 saturated heterocycles. The van der Waals surface area contributed by atoms with Gasteiger partial charge in [0.2, 0.25) is 5.91 Å². The summed E-state index contributed by atoms with van der Waals surface area (Å²) in [6, 6.07) is 11.2. The largest absolute Gasteiger partial charge is 0.357 e. The van der Waals surface area contributed by atoms with E-state index in [4.69, 9.17) is 4.98 Å². The van der Waals surface area contributed by atoms with Crippen LogP contribution < -0.4 is 15.8 Å². The maximum Gasteiger partial charge on any atom is 0.257 e. The topological polar surface area (TPSA) is 91.0 Å². The lowest BCUT2D eigenvalue weighted by atomic mass is 9.85. The second kappa shape index (κ2) is 8.34. The second-order valence-corrected chi connectivity index (χ2v) is 8.18. The first-order chi connectivity index (χ1) is 15.2. The molecule has 5 rings (SSSR count). The summed E-state index contributed by atoms with van der Waals surface area (Å²) < 4.78 is 0. The van der Waals surface area contributed by atoms with Gasteiger partial charge in [-0.05, 0) is 61.9 Å². The highest BCUT2D eigenvalue weighted by molar-refractivity contribution is 5.96. The van der Waals surface area contributed by atoms with Gasteiger partial charge in [-0.3, -0.25) is 14.6 Å². The molecule has 3 aromatic heterocycles. The van der Waals surface area contributed by atoms with E-state index in [1.54, 1.807) is 24.5 Å². The van der Waals surface area contributed by atoms with E-state index in [2.05, 4.69) is 20.2 Å². The zero-order chi connectivity index (χ0) is 21.2. The molecule has 1 atom stereocenters. The number of hydrogen-bond donors (Lipinski definition) is 2. The molecular formula is C24H25N5O2. The maximum absolute atomic E-state index is 13.2. The van der Waals surface area contributed by atoms with Crippen LogP contribution in [0, 0.1) is 0 Å². The third-order valence-electron chi connectivity index (χ3n) is 6.13. The number of H-pyrrole nitrogens is 1. The summed E-state index contributed by atoms with van der Waals surface area (Å²) in [6.07, 6.45) is 8.27. The quantitative estimate of drug-likeness (QED) is 0.681. The molecule has 7 nitrogen and oxygen atoms in total. The molecule has 0 saturated carbocycles. The Morgan fingerprint density at radius 1 is 1.13 bits per heavy atom. The lowest BCUT2D eigenvalue weighted by Gasteiger charge is -2.24. The van der Waals surface area contributed by atoms with Crippen LogP contribution in [0.25, 0.3) is 11.3 Å². The van der Waals surface area contributed by atoms with Crippen molar-refractivity contribution in [3.05, 3.63) is 70.4 Å². The van der Waals surface area contributed by atoms with Crippen molar-refractivity contribution in [1.82, 2.24) is 15.0 Å². The Morgan fingerprint density at radius 2 is 2.00 bits per heavy atom. The van der Waals surface area contributed by atoms with Crippen molar-refractivity contribution in [2.75, 3.05) is 23.3 Å². The molecule has 158 valence electrons. The number of aromatic nitrogens is 3. The van der Waals surface area contributed by atoms with E-state index < -0.39 is 0 Å². The monoisotopic (exact) mass is 415 g/mol. The minimum absolute atomic E-state index is 0.0638. The van der Waals surface area contributed by atoms with Crippen molar-refractivity contribution < 1.29 is 4.79 Å². The lowest BCUT2D eigenvalue weighted by molar-refractivity contribution is -0.118. The van der Waals surface area contributed by atoms with E-state index >= 15 is 0 Å². The zero-order valence-electron chi connectivity index (χ0n) is 17.3. The Hall–Kier alpha value is -3.48. The average molecular weight is 415 g/mol. The SMILES string of the molecule is O=C(Nc1ccnc(N2CCCC2)c1)C1CCCc2ccc(-c3ccc[nH]c3=O)nc21. The smallest absolute Gasteiger partial charge is 0.257 e. The molecule has 0 aromatic carbocycles. The molecule has 1 aliphatic heterocycles. The van der Waals surface area contributed by atoms with Crippen LogP contribution in [-0.4, -0.2) is 33.9 Å².